The van der Waals surface area contributed by atoms with Gasteiger partial charge in [0.15, 0.2) is 0 Å². The Bertz CT molecular complexity index is 400. The fourth-order valence-corrected chi connectivity index (χ4v) is 1.51. The van der Waals surface area contributed by atoms with Crippen LogP contribution in [-0.2, 0) is 5.41 Å². The van der Waals surface area contributed by atoms with Crippen LogP contribution in [0.15, 0.2) is 12.1 Å². The molecule has 0 aliphatic heterocycles. The fraction of sp³-hybridized carbons (Fsp3) is 0.417. The molecule has 0 unspecified atom stereocenters. The molecule has 0 aromatic heterocycles. The second-order valence-corrected chi connectivity index (χ2v) is 4.76. The van der Waals surface area contributed by atoms with Crippen molar-refractivity contribution in [1.29, 1.82) is 0 Å². The van der Waals surface area contributed by atoms with Crippen LogP contribution in [0.3, 0.4) is 0 Å². The zero-order chi connectivity index (χ0) is 11.8. The first-order valence-corrected chi connectivity index (χ1v) is 4.81. The van der Waals surface area contributed by atoms with E-state index >= 15 is 0 Å². The molecule has 1 aromatic rings. The maximum atomic E-state index is 10.9. The number of phenols is 1. The molecule has 0 atom stereocenters. The smallest absolute Gasteiger partial charge is 0.339 e. The van der Waals surface area contributed by atoms with Gasteiger partial charge in [0.1, 0.15) is 11.3 Å². The molecule has 0 fully saturated rings. The van der Waals surface area contributed by atoms with Crippen LogP contribution in [0.2, 0.25) is 0 Å². The Balaban J connectivity index is 3.49. The first-order chi connectivity index (χ1) is 6.73. The predicted octanol–water partition coefficient (Wildman–Crippen LogP) is 2.70. The molecule has 1 aromatic carbocycles. The lowest BCUT2D eigenvalue weighted by Gasteiger charge is -2.21. The Morgan fingerprint density at radius 2 is 1.80 bits per heavy atom. The van der Waals surface area contributed by atoms with E-state index in [4.69, 9.17) is 5.11 Å². The van der Waals surface area contributed by atoms with Crippen LogP contribution in [0.4, 0.5) is 0 Å². The number of aromatic carboxylic acids is 1. The van der Waals surface area contributed by atoms with E-state index in [1.807, 2.05) is 33.8 Å². The Labute approximate surface area is 89.4 Å². The van der Waals surface area contributed by atoms with Crippen LogP contribution in [-0.4, -0.2) is 16.2 Å². The Hall–Kier alpha value is -1.51. The molecule has 0 aliphatic rings. The minimum atomic E-state index is -1.10. The van der Waals surface area contributed by atoms with Crippen molar-refractivity contribution in [2.45, 2.75) is 33.1 Å². The average molecular weight is 208 g/mol. The van der Waals surface area contributed by atoms with Crippen LogP contribution in [0.5, 0.6) is 5.75 Å². The maximum Gasteiger partial charge on any atom is 0.339 e. The number of carboxylic acid groups (broad SMARTS) is 1. The molecule has 2 N–H and O–H groups in total. The standard InChI is InChI=1S/C12H16O3/c1-7-5-8(11(14)15)10(13)9(6-7)12(2,3)4/h5-6,13H,1-4H3,(H,14,15). The summed E-state index contributed by atoms with van der Waals surface area (Å²) in [5.41, 5.74) is 1.22. The third kappa shape index (κ3) is 2.29. The van der Waals surface area contributed by atoms with E-state index in [1.54, 1.807) is 0 Å². The average Bonchev–Trinajstić information content (AvgIpc) is 2.06. The highest BCUT2D eigenvalue weighted by Gasteiger charge is 2.22. The molecule has 15 heavy (non-hydrogen) atoms. The van der Waals surface area contributed by atoms with Crippen LogP contribution in [0, 0.1) is 6.92 Å². The summed E-state index contributed by atoms with van der Waals surface area (Å²) in [7, 11) is 0. The number of benzene rings is 1. The summed E-state index contributed by atoms with van der Waals surface area (Å²) in [6.07, 6.45) is 0. The molecule has 0 saturated carbocycles. The number of aryl methyl sites for hydroxylation is 1. The highest BCUT2D eigenvalue weighted by molar-refractivity contribution is 5.91. The molecule has 0 heterocycles. The molecule has 0 bridgehead atoms. The van der Waals surface area contributed by atoms with Gasteiger partial charge in [0, 0.05) is 5.56 Å². The first-order valence-electron chi connectivity index (χ1n) is 4.81. The molecule has 0 spiro atoms. The highest BCUT2D eigenvalue weighted by atomic mass is 16.4. The van der Waals surface area contributed by atoms with Gasteiger partial charge in [-0.05, 0) is 24.0 Å². The molecule has 0 radical (unpaired) electrons. The Morgan fingerprint density at radius 1 is 1.27 bits per heavy atom. The van der Waals surface area contributed by atoms with Crippen molar-refractivity contribution < 1.29 is 15.0 Å². The molecular weight excluding hydrogens is 192 g/mol. The lowest BCUT2D eigenvalue weighted by molar-refractivity contribution is 0.0693. The summed E-state index contributed by atoms with van der Waals surface area (Å²) in [5.74, 6) is -1.22. The minimum absolute atomic E-state index is 0.0278. The Kier molecular flexibility index (Phi) is 2.75. The zero-order valence-corrected chi connectivity index (χ0v) is 9.46. The lowest BCUT2D eigenvalue weighted by atomic mass is 9.84. The van der Waals surface area contributed by atoms with Crippen molar-refractivity contribution in [2.24, 2.45) is 0 Å². The molecule has 3 nitrogen and oxygen atoms in total. The topological polar surface area (TPSA) is 57.5 Å². The normalized spacial score (nSPS) is 11.5. The molecular formula is C12H16O3. The van der Waals surface area contributed by atoms with Crippen molar-refractivity contribution >= 4 is 5.97 Å². The van der Waals surface area contributed by atoms with E-state index in [-0.39, 0.29) is 16.7 Å². The predicted molar refractivity (Wildman–Crippen MR) is 58.5 cm³/mol. The summed E-state index contributed by atoms with van der Waals surface area (Å²) in [6.45, 7) is 7.63. The van der Waals surface area contributed by atoms with Gasteiger partial charge in [-0.2, -0.15) is 0 Å². The van der Waals surface area contributed by atoms with Gasteiger partial charge < -0.3 is 10.2 Å². The van der Waals surface area contributed by atoms with Crippen LogP contribution in [0.1, 0.15) is 42.3 Å². The summed E-state index contributed by atoms with van der Waals surface area (Å²) in [6, 6.07) is 3.30. The second kappa shape index (κ2) is 3.57. The quantitative estimate of drug-likeness (QED) is 0.746. The van der Waals surface area contributed by atoms with E-state index in [2.05, 4.69) is 0 Å². The summed E-state index contributed by atoms with van der Waals surface area (Å²) in [4.78, 5) is 10.9. The number of rotatable bonds is 1. The molecule has 82 valence electrons. The minimum Gasteiger partial charge on any atom is -0.507 e. The molecule has 0 aliphatic carbocycles. The highest BCUT2D eigenvalue weighted by Crippen LogP contribution is 2.34. The molecule has 3 heteroatoms. The largest absolute Gasteiger partial charge is 0.507 e. The number of hydrogen-bond acceptors (Lipinski definition) is 2. The van der Waals surface area contributed by atoms with Gasteiger partial charge >= 0.3 is 5.97 Å². The number of carbonyl (C=O) groups is 1. The van der Waals surface area contributed by atoms with Crippen LogP contribution >= 0.6 is 0 Å². The van der Waals surface area contributed by atoms with E-state index in [0.717, 1.165) is 5.56 Å². The first kappa shape index (κ1) is 11.6. The van der Waals surface area contributed by atoms with Crippen molar-refractivity contribution in [2.75, 3.05) is 0 Å². The van der Waals surface area contributed by atoms with Gasteiger partial charge in [-0.1, -0.05) is 26.8 Å². The van der Waals surface area contributed by atoms with E-state index in [9.17, 15) is 9.90 Å². The number of carboxylic acids is 1. The van der Waals surface area contributed by atoms with Gasteiger partial charge in [0.05, 0.1) is 0 Å². The molecule has 0 saturated heterocycles. The number of aromatic hydroxyl groups is 1. The monoisotopic (exact) mass is 208 g/mol. The van der Waals surface area contributed by atoms with Crippen molar-refractivity contribution in [3.63, 3.8) is 0 Å². The van der Waals surface area contributed by atoms with Gasteiger partial charge in [0.25, 0.3) is 0 Å². The summed E-state index contributed by atoms with van der Waals surface area (Å²) < 4.78 is 0. The van der Waals surface area contributed by atoms with Crippen molar-refractivity contribution in [3.05, 3.63) is 28.8 Å². The third-order valence-electron chi connectivity index (χ3n) is 2.29. The van der Waals surface area contributed by atoms with Crippen LogP contribution < -0.4 is 0 Å². The molecule has 0 amide bonds. The SMILES string of the molecule is Cc1cc(C(=O)O)c(O)c(C(C)(C)C)c1. The Morgan fingerprint density at radius 3 is 2.20 bits per heavy atom. The van der Waals surface area contributed by atoms with Gasteiger partial charge in [-0.25, -0.2) is 4.79 Å². The van der Waals surface area contributed by atoms with E-state index in [0.29, 0.717) is 5.56 Å². The van der Waals surface area contributed by atoms with Crippen molar-refractivity contribution in [3.8, 4) is 5.75 Å². The van der Waals surface area contributed by atoms with Crippen molar-refractivity contribution in [1.82, 2.24) is 0 Å². The lowest BCUT2D eigenvalue weighted by Crippen LogP contribution is -2.13. The van der Waals surface area contributed by atoms with Gasteiger partial charge in [-0.15, -0.1) is 0 Å². The summed E-state index contributed by atoms with van der Waals surface area (Å²) >= 11 is 0. The summed E-state index contributed by atoms with van der Waals surface area (Å²) in [5, 5.41) is 18.8. The van der Waals surface area contributed by atoms with Gasteiger partial charge in [0.2, 0.25) is 0 Å². The maximum absolute atomic E-state index is 10.9. The van der Waals surface area contributed by atoms with E-state index < -0.39 is 5.97 Å². The third-order valence-corrected chi connectivity index (χ3v) is 2.29. The van der Waals surface area contributed by atoms with Crippen LogP contribution in [0.25, 0.3) is 0 Å². The number of hydrogen-bond donors (Lipinski definition) is 2. The molecule has 1 rings (SSSR count). The van der Waals surface area contributed by atoms with Gasteiger partial charge in [-0.3, -0.25) is 0 Å². The second-order valence-electron chi connectivity index (χ2n) is 4.76. The van der Waals surface area contributed by atoms with E-state index in [1.165, 1.54) is 6.07 Å². The fourth-order valence-electron chi connectivity index (χ4n) is 1.51. The zero-order valence-electron chi connectivity index (χ0n) is 9.46.